The van der Waals surface area contributed by atoms with Crippen LogP contribution in [0.15, 0.2) is 42.5 Å². The summed E-state index contributed by atoms with van der Waals surface area (Å²) in [5.41, 5.74) is 2.88. The molecule has 0 spiro atoms. The van der Waals surface area contributed by atoms with Crippen LogP contribution in [0.4, 0.5) is 10.1 Å². The fourth-order valence-corrected chi connectivity index (χ4v) is 2.67. The molecule has 0 aliphatic rings. The molecular weight excluding hydrogens is 303 g/mol. The minimum Gasteiger partial charge on any atom is -0.358 e. The van der Waals surface area contributed by atoms with E-state index in [1.54, 1.807) is 18.2 Å². The Hall–Kier alpha value is -2.33. The smallest absolute Gasteiger partial charge is 0.228 e. The number of aryl methyl sites for hydroxylation is 1. The van der Waals surface area contributed by atoms with Gasteiger partial charge in [-0.15, -0.1) is 0 Å². The molecule has 0 aliphatic heterocycles. The van der Waals surface area contributed by atoms with Crippen LogP contribution in [0.2, 0.25) is 5.02 Å². The maximum Gasteiger partial charge on any atom is 0.228 e. The van der Waals surface area contributed by atoms with Crippen molar-refractivity contribution in [2.75, 3.05) is 5.32 Å². The van der Waals surface area contributed by atoms with Gasteiger partial charge in [-0.05, 0) is 42.8 Å². The van der Waals surface area contributed by atoms with Gasteiger partial charge >= 0.3 is 0 Å². The molecule has 0 radical (unpaired) electrons. The molecule has 112 valence electrons. The summed E-state index contributed by atoms with van der Waals surface area (Å²) >= 11 is 6.02. The van der Waals surface area contributed by atoms with E-state index in [1.165, 1.54) is 12.1 Å². The average Bonchev–Trinajstić information content (AvgIpc) is 2.77. The number of aromatic amines is 1. The van der Waals surface area contributed by atoms with Crippen LogP contribution in [0.25, 0.3) is 10.9 Å². The number of benzene rings is 2. The van der Waals surface area contributed by atoms with Crippen molar-refractivity contribution in [3.8, 4) is 0 Å². The lowest BCUT2D eigenvalue weighted by Crippen LogP contribution is -2.15. The van der Waals surface area contributed by atoms with E-state index in [0.717, 1.165) is 22.2 Å². The van der Waals surface area contributed by atoms with Crippen LogP contribution in [-0.4, -0.2) is 10.9 Å². The minimum absolute atomic E-state index is 0.153. The molecule has 3 aromatic rings. The molecule has 22 heavy (non-hydrogen) atoms. The number of fused-ring (bicyclic) bond motifs is 1. The number of amides is 1. The molecule has 1 aromatic heterocycles. The monoisotopic (exact) mass is 316 g/mol. The number of anilines is 1. The van der Waals surface area contributed by atoms with E-state index in [2.05, 4.69) is 10.3 Å². The molecule has 3 nitrogen and oxygen atoms in total. The number of rotatable bonds is 3. The van der Waals surface area contributed by atoms with E-state index in [4.69, 9.17) is 11.6 Å². The molecule has 1 heterocycles. The molecule has 2 N–H and O–H groups in total. The van der Waals surface area contributed by atoms with Gasteiger partial charge in [0.2, 0.25) is 5.91 Å². The highest BCUT2D eigenvalue weighted by Crippen LogP contribution is 2.26. The lowest BCUT2D eigenvalue weighted by Gasteiger charge is -2.06. The van der Waals surface area contributed by atoms with Crippen molar-refractivity contribution in [2.45, 2.75) is 13.3 Å². The Morgan fingerprint density at radius 3 is 2.82 bits per heavy atom. The second kappa shape index (κ2) is 5.81. The van der Waals surface area contributed by atoms with Gasteiger partial charge in [-0.25, -0.2) is 4.39 Å². The summed E-state index contributed by atoms with van der Waals surface area (Å²) in [6, 6.07) is 11.6. The largest absolute Gasteiger partial charge is 0.358 e. The van der Waals surface area contributed by atoms with Gasteiger partial charge in [0.15, 0.2) is 0 Å². The average molecular weight is 317 g/mol. The molecule has 5 heteroatoms. The van der Waals surface area contributed by atoms with Gasteiger partial charge in [0.25, 0.3) is 0 Å². The lowest BCUT2D eigenvalue weighted by atomic mass is 10.1. The number of H-pyrrole nitrogens is 1. The molecular formula is C17H14ClFN2O. The Labute approximate surface area is 132 Å². The molecule has 0 saturated heterocycles. The lowest BCUT2D eigenvalue weighted by molar-refractivity contribution is -0.115. The quantitative estimate of drug-likeness (QED) is 0.736. The van der Waals surface area contributed by atoms with Crippen molar-refractivity contribution in [2.24, 2.45) is 0 Å². The van der Waals surface area contributed by atoms with Crippen molar-refractivity contribution in [1.29, 1.82) is 0 Å². The summed E-state index contributed by atoms with van der Waals surface area (Å²) in [6.07, 6.45) is 0.153. The first-order valence-electron chi connectivity index (χ1n) is 6.85. The molecule has 0 fully saturated rings. The zero-order valence-electron chi connectivity index (χ0n) is 11.9. The van der Waals surface area contributed by atoms with Crippen molar-refractivity contribution in [3.63, 3.8) is 0 Å². The van der Waals surface area contributed by atoms with E-state index < -0.39 is 5.82 Å². The second-order valence-corrected chi connectivity index (χ2v) is 5.56. The zero-order chi connectivity index (χ0) is 15.7. The molecule has 0 saturated carbocycles. The number of hydrogen-bond acceptors (Lipinski definition) is 1. The Bertz CT molecular complexity index is 857. The summed E-state index contributed by atoms with van der Waals surface area (Å²) in [6.45, 7) is 1.90. The molecule has 0 bridgehead atoms. The van der Waals surface area contributed by atoms with Gasteiger partial charge in [0.05, 0.1) is 12.1 Å². The van der Waals surface area contributed by atoms with Gasteiger partial charge in [0, 0.05) is 21.6 Å². The Kier molecular flexibility index (Phi) is 3.86. The van der Waals surface area contributed by atoms with Crippen LogP contribution in [-0.2, 0) is 11.2 Å². The van der Waals surface area contributed by atoms with Gasteiger partial charge in [0.1, 0.15) is 5.82 Å². The molecule has 2 aromatic carbocycles. The third-order valence-electron chi connectivity index (χ3n) is 3.57. The zero-order valence-corrected chi connectivity index (χ0v) is 12.7. The fraction of sp³-hybridized carbons (Fsp3) is 0.118. The van der Waals surface area contributed by atoms with Crippen LogP contribution < -0.4 is 5.32 Å². The van der Waals surface area contributed by atoms with Crippen molar-refractivity contribution in [1.82, 2.24) is 4.98 Å². The SMILES string of the molecule is Cc1[nH]c2ccc(Cl)cc2c1CC(=O)Nc1ccccc1F. The van der Waals surface area contributed by atoms with E-state index in [-0.39, 0.29) is 18.0 Å². The maximum absolute atomic E-state index is 13.6. The Balaban J connectivity index is 1.87. The standard InChI is InChI=1S/C17H14ClFN2O/c1-10-12(13-8-11(18)6-7-15(13)20-10)9-17(22)21-16-5-3-2-4-14(16)19/h2-8,20H,9H2,1H3,(H,21,22). The summed E-state index contributed by atoms with van der Waals surface area (Å²) in [4.78, 5) is 15.4. The minimum atomic E-state index is -0.449. The third-order valence-corrected chi connectivity index (χ3v) is 3.80. The number of nitrogens with one attached hydrogen (secondary N) is 2. The summed E-state index contributed by atoms with van der Waals surface area (Å²) in [7, 11) is 0. The van der Waals surface area contributed by atoms with Crippen LogP contribution in [0.5, 0.6) is 0 Å². The first-order chi connectivity index (χ1) is 10.5. The second-order valence-electron chi connectivity index (χ2n) is 5.12. The van der Waals surface area contributed by atoms with Crippen LogP contribution >= 0.6 is 11.6 Å². The Morgan fingerprint density at radius 1 is 1.27 bits per heavy atom. The third kappa shape index (κ3) is 2.83. The number of carbonyl (C=O) groups is 1. The molecule has 0 unspecified atom stereocenters. The Morgan fingerprint density at radius 2 is 2.05 bits per heavy atom. The molecule has 3 rings (SSSR count). The highest BCUT2D eigenvalue weighted by atomic mass is 35.5. The fourth-order valence-electron chi connectivity index (χ4n) is 2.50. The number of hydrogen-bond donors (Lipinski definition) is 2. The number of halogens is 2. The van der Waals surface area contributed by atoms with Crippen LogP contribution in [0.3, 0.4) is 0 Å². The van der Waals surface area contributed by atoms with Crippen molar-refractivity contribution in [3.05, 3.63) is 64.6 Å². The van der Waals surface area contributed by atoms with E-state index >= 15 is 0 Å². The first-order valence-corrected chi connectivity index (χ1v) is 7.23. The summed E-state index contributed by atoms with van der Waals surface area (Å²) in [5, 5.41) is 4.12. The molecule has 0 atom stereocenters. The maximum atomic E-state index is 13.6. The van der Waals surface area contributed by atoms with Crippen molar-refractivity contribution >= 4 is 34.1 Å². The van der Waals surface area contributed by atoms with Crippen LogP contribution in [0.1, 0.15) is 11.3 Å². The topological polar surface area (TPSA) is 44.9 Å². The first kappa shape index (κ1) is 14.6. The predicted octanol–water partition coefficient (Wildman–Crippen LogP) is 4.45. The summed E-state index contributed by atoms with van der Waals surface area (Å²) in [5.74, 6) is -0.719. The molecule has 1 amide bonds. The van der Waals surface area contributed by atoms with E-state index in [9.17, 15) is 9.18 Å². The normalized spacial score (nSPS) is 10.9. The number of carbonyl (C=O) groups excluding carboxylic acids is 1. The van der Waals surface area contributed by atoms with Crippen molar-refractivity contribution < 1.29 is 9.18 Å². The van der Waals surface area contributed by atoms with Gasteiger partial charge < -0.3 is 10.3 Å². The number of aromatic nitrogens is 1. The van der Waals surface area contributed by atoms with Gasteiger partial charge in [-0.3, -0.25) is 4.79 Å². The van der Waals surface area contributed by atoms with Crippen LogP contribution in [0, 0.1) is 12.7 Å². The highest BCUT2D eigenvalue weighted by molar-refractivity contribution is 6.31. The number of para-hydroxylation sites is 1. The predicted molar refractivity (Wildman–Crippen MR) is 86.8 cm³/mol. The summed E-state index contributed by atoms with van der Waals surface area (Å²) < 4.78 is 13.6. The van der Waals surface area contributed by atoms with Gasteiger partial charge in [-0.2, -0.15) is 0 Å². The molecule has 0 aliphatic carbocycles. The van der Waals surface area contributed by atoms with Gasteiger partial charge in [-0.1, -0.05) is 23.7 Å². The van der Waals surface area contributed by atoms with E-state index in [0.29, 0.717) is 5.02 Å². The highest BCUT2D eigenvalue weighted by Gasteiger charge is 2.14. The van der Waals surface area contributed by atoms with E-state index in [1.807, 2.05) is 19.1 Å².